The van der Waals surface area contributed by atoms with E-state index in [0.717, 1.165) is 5.56 Å². The Morgan fingerprint density at radius 3 is 2.13 bits per heavy atom. The van der Waals surface area contributed by atoms with Crippen LogP contribution in [0, 0.1) is 11.2 Å². The van der Waals surface area contributed by atoms with Gasteiger partial charge in [0.2, 0.25) is 23.4 Å². The highest BCUT2D eigenvalue weighted by molar-refractivity contribution is 6.16. The largest absolute Gasteiger partial charge is 0.485 e. The van der Waals surface area contributed by atoms with Gasteiger partial charge >= 0.3 is 0 Å². The second kappa shape index (κ2) is 11.8. The van der Waals surface area contributed by atoms with Crippen LogP contribution in [0.25, 0.3) is 10.9 Å². The Labute approximate surface area is 257 Å². The number of halogens is 1. The molecular formula is C34H27FN4O6. The lowest BCUT2D eigenvalue weighted by atomic mass is 10.0. The van der Waals surface area contributed by atoms with Crippen LogP contribution < -0.4 is 29.6 Å². The van der Waals surface area contributed by atoms with Gasteiger partial charge in [0, 0.05) is 17.4 Å². The van der Waals surface area contributed by atoms with Crippen LogP contribution in [0.3, 0.4) is 0 Å². The van der Waals surface area contributed by atoms with Gasteiger partial charge in [0.1, 0.15) is 48.5 Å². The molecule has 226 valence electrons. The van der Waals surface area contributed by atoms with Crippen molar-refractivity contribution in [3.8, 4) is 28.9 Å². The molecule has 11 heteroatoms. The zero-order valence-corrected chi connectivity index (χ0v) is 23.9. The van der Waals surface area contributed by atoms with E-state index in [1.54, 1.807) is 30.3 Å². The fraction of sp³-hybridized carbons (Fsp3) is 0.176. The van der Waals surface area contributed by atoms with E-state index in [0.29, 0.717) is 77.9 Å². The number of carbonyl (C=O) groups excluding carboxylic acids is 2. The molecule has 10 nitrogen and oxygen atoms in total. The van der Waals surface area contributed by atoms with Gasteiger partial charge in [-0.3, -0.25) is 9.59 Å². The fourth-order valence-electron chi connectivity index (χ4n) is 5.04. The number of anilines is 2. The molecular weight excluding hydrogens is 579 g/mol. The highest BCUT2D eigenvalue weighted by Crippen LogP contribution is 2.49. The minimum absolute atomic E-state index is 0.266. The standard InChI is InChI=1S/C34H27FN4O6/c35-22-6-8-23(9-7-22)38-32(40)34(14-15-34)33(41)39-24-10-12-25(13-11-24)45-31-28-26(36-20-37-31)18-27(29-30(28)43-17-16-42-29)44-19-21-4-2-1-3-5-21/h1-13,18,20H,14-17,19H2,(H,38,40)(H,39,41). The van der Waals surface area contributed by atoms with Crippen molar-refractivity contribution in [1.29, 1.82) is 0 Å². The van der Waals surface area contributed by atoms with Crippen molar-refractivity contribution in [1.82, 2.24) is 9.97 Å². The Morgan fingerprint density at radius 1 is 0.822 bits per heavy atom. The zero-order valence-electron chi connectivity index (χ0n) is 23.9. The average Bonchev–Trinajstić information content (AvgIpc) is 3.89. The number of hydrogen-bond acceptors (Lipinski definition) is 8. The van der Waals surface area contributed by atoms with Gasteiger partial charge in [-0.05, 0) is 66.9 Å². The summed E-state index contributed by atoms with van der Waals surface area (Å²) in [6, 6.07) is 23.7. The van der Waals surface area contributed by atoms with Crippen molar-refractivity contribution in [2.45, 2.75) is 19.4 Å². The highest BCUT2D eigenvalue weighted by Gasteiger charge is 2.56. The number of ether oxygens (including phenoxy) is 4. The van der Waals surface area contributed by atoms with Crippen LogP contribution in [0.15, 0.2) is 91.3 Å². The number of fused-ring (bicyclic) bond motifs is 3. The van der Waals surface area contributed by atoms with E-state index < -0.39 is 23.0 Å². The molecule has 2 N–H and O–H groups in total. The third-order valence-electron chi connectivity index (χ3n) is 7.63. The summed E-state index contributed by atoms with van der Waals surface area (Å²) in [7, 11) is 0. The van der Waals surface area contributed by atoms with Crippen molar-refractivity contribution >= 4 is 34.1 Å². The second-order valence-corrected chi connectivity index (χ2v) is 10.7. The molecule has 2 aliphatic rings. The molecule has 1 fully saturated rings. The Balaban J connectivity index is 1.06. The molecule has 7 rings (SSSR count). The molecule has 1 aromatic heterocycles. The minimum Gasteiger partial charge on any atom is -0.485 e. The third-order valence-corrected chi connectivity index (χ3v) is 7.63. The average molecular weight is 607 g/mol. The van der Waals surface area contributed by atoms with E-state index in [4.69, 9.17) is 18.9 Å². The van der Waals surface area contributed by atoms with Gasteiger partial charge in [0.15, 0.2) is 11.5 Å². The molecule has 0 atom stereocenters. The number of nitrogens with zero attached hydrogens (tertiary/aromatic N) is 2. The molecule has 1 saturated carbocycles. The molecule has 0 unspecified atom stereocenters. The molecule has 1 aliphatic carbocycles. The molecule has 0 radical (unpaired) electrons. The summed E-state index contributed by atoms with van der Waals surface area (Å²) in [5.41, 5.74) is 1.32. The van der Waals surface area contributed by atoms with Crippen molar-refractivity contribution < 1.29 is 32.9 Å². The number of benzene rings is 4. The van der Waals surface area contributed by atoms with Crippen LogP contribution in [-0.4, -0.2) is 35.0 Å². The normalized spacial score (nSPS) is 14.3. The van der Waals surface area contributed by atoms with Gasteiger partial charge in [0.05, 0.1) is 5.52 Å². The number of carbonyl (C=O) groups is 2. The summed E-state index contributed by atoms with van der Waals surface area (Å²) in [6.07, 6.45) is 2.24. The highest BCUT2D eigenvalue weighted by atomic mass is 19.1. The van der Waals surface area contributed by atoms with E-state index >= 15 is 0 Å². The Hall–Kier alpha value is -5.71. The Morgan fingerprint density at radius 2 is 1.47 bits per heavy atom. The predicted octanol–water partition coefficient (Wildman–Crippen LogP) is 6.27. The molecule has 45 heavy (non-hydrogen) atoms. The van der Waals surface area contributed by atoms with E-state index in [1.807, 2.05) is 30.3 Å². The predicted molar refractivity (Wildman–Crippen MR) is 163 cm³/mol. The topological polar surface area (TPSA) is 121 Å². The Bertz CT molecular complexity index is 1880. The van der Waals surface area contributed by atoms with Crippen molar-refractivity contribution in [3.63, 3.8) is 0 Å². The molecule has 1 aliphatic heterocycles. The van der Waals surface area contributed by atoms with Crippen LogP contribution in [0.1, 0.15) is 18.4 Å². The molecule has 0 saturated heterocycles. The SMILES string of the molecule is O=C(Nc1ccc(F)cc1)C1(C(=O)Nc2ccc(Oc3ncnc4cc(OCc5ccccc5)c5c(c34)OCCO5)cc2)CC1. The quantitative estimate of drug-likeness (QED) is 0.189. The number of aromatic nitrogens is 2. The second-order valence-electron chi connectivity index (χ2n) is 10.7. The Kier molecular flexibility index (Phi) is 7.34. The number of rotatable bonds is 9. The summed E-state index contributed by atoms with van der Waals surface area (Å²) in [4.78, 5) is 34.7. The van der Waals surface area contributed by atoms with Crippen molar-refractivity contribution in [3.05, 3.63) is 103 Å². The van der Waals surface area contributed by atoms with Crippen LogP contribution in [0.5, 0.6) is 28.9 Å². The monoisotopic (exact) mass is 606 g/mol. The zero-order chi connectivity index (χ0) is 30.8. The molecule has 2 amide bonds. The minimum atomic E-state index is -1.17. The summed E-state index contributed by atoms with van der Waals surface area (Å²) in [5, 5.41) is 6.07. The van der Waals surface area contributed by atoms with Crippen LogP contribution in [-0.2, 0) is 16.2 Å². The first-order chi connectivity index (χ1) is 22.0. The summed E-state index contributed by atoms with van der Waals surface area (Å²) in [6.45, 7) is 1.06. The van der Waals surface area contributed by atoms with Crippen LogP contribution >= 0.6 is 0 Å². The van der Waals surface area contributed by atoms with E-state index in [9.17, 15) is 14.0 Å². The molecule has 0 spiro atoms. The van der Waals surface area contributed by atoms with Crippen LogP contribution in [0.4, 0.5) is 15.8 Å². The first-order valence-electron chi connectivity index (χ1n) is 14.4. The van der Waals surface area contributed by atoms with Crippen molar-refractivity contribution in [2.24, 2.45) is 5.41 Å². The van der Waals surface area contributed by atoms with Crippen molar-refractivity contribution in [2.75, 3.05) is 23.8 Å². The maximum Gasteiger partial charge on any atom is 0.240 e. The van der Waals surface area contributed by atoms with Gasteiger partial charge in [-0.2, -0.15) is 0 Å². The van der Waals surface area contributed by atoms with Gasteiger partial charge in [0.25, 0.3) is 0 Å². The number of hydrogen-bond donors (Lipinski definition) is 2. The van der Waals surface area contributed by atoms with Gasteiger partial charge < -0.3 is 29.6 Å². The molecule has 5 aromatic rings. The molecule has 0 bridgehead atoms. The van der Waals surface area contributed by atoms with E-state index in [2.05, 4.69) is 20.6 Å². The lowest BCUT2D eigenvalue weighted by molar-refractivity contribution is -0.131. The summed E-state index contributed by atoms with van der Waals surface area (Å²) < 4.78 is 37.4. The van der Waals surface area contributed by atoms with Gasteiger partial charge in [-0.1, -0.05) is 30.3 Å². The summed E-state index contributed by atoms with van der Waals surface area (Å²) >= 11 is 0. The lowest BCUT2D eigenvalue weighted by Crippen LogP contribution is -2.35. The first kappa shape index (κ1) is 28.1. The van der Waals surface area contributed by atoms with Gasteiger partial charge in [-0.15, -0.1) is 0 Å². The van der Waals surface area contributed by atoms with Crippen LogP contribution in [0.2, 0.25) is 0 Å². The van der Waals surface area contributed by atoms with E-state index in [-0.39, 0.29) is 5.88 Å². The fourth-order valence-corrected chi connectivity index (χ4v) is 5.04. The lowest BCUT2D eigenvalue weighted by Gasteiger charge is -2.23. The molecule has 2 heterocycles. The maximum absolute atomic E-state index is 13.2. The third kappa shape index (κ3) is 5.79. The number of amides is 2. The number of nitrogens with one attached hydrogen (secondary N) is 2. The van der Waals surface area contributed by atoms with E-state index in [1.165, 1.54) is 30.6 Å². The smallest absolute Gasteiger partial charge is 0.240 e. The molecule has 4 aromatic carbocycles. The first-order valence-corrected chi connectivity index (χ1v) is 14.4. The maximum atomic E-state index is 13.2. The van der Waals surface area contributed by atoms with Gasteiger partial charge in [-0.25, -0.2) is 14.4 Å². The summed E-state index contributed by atoms with van der Waals surface area (Å²) in [5.74, 6) is 0.880.